The van der Waals surface area contributed by atoms with E-state index in [0.29, 0.717) is 6.04 Å². The van der Waals surface area contributed by atoms with Crippen LogP contribution in [0.1, 0.15) is 36.3 Å². The first kappa shape index (κ1) is 11.1. The molecule has 0 aliphatic carbocycles. The van der Waals surface area contributed by atoms with Crippen molar-refractivity contribution in [3.05, 3.63) is 29.1 Å². The highest BCUT2D eigenvalue weighted by Gasteiger charge is 2.11. The summed E-state index contributed by atoms with van der Waals surface area (Å²) in [7, 11) is 1.97. The van der Waals surface area contributed by atoms with Gasteiger partial charge in [0.15, 0.2) is 0 Å². The van der Waals surface area contributed by atoms with Crippen molar-refractivity contribution < 1.29 is 0 Å². The first-order valence-corrected chi connectivity index (χ1v) is 5.79. The van der Waals surface area contributed by atoms with Crippen molar-refractivity contribution in [2.24, 2.45) is 0 Å². The van der Waals surface area contributed by atoms with E-state index in [2.05, 4.69) is 48.2 Å². The van der Waals surface area contributed by atoms with Crippen molar-refractivity contribution in [3.8, 4) is 0 Å². The SMILES string of the molecule is CCC(NC)c1nc2cc(C)c(C)cc2[nH]1. The number of fused-ring (bicyclic) bond motifs is 1. The largest absolute Gasteiger partial charge is 0.341 e. The Bertz CT molecular complexity index is 456. The summed E-state index contributed by atoms with van der Waals surface area (Å²) in [5.41, 5.74) is 4.79. The Hall–Kier alpha value is -1.35. The number of nitrogens with zero attached hydrogens (tertiary/aromatic N) is 1. The Morgan fingerprint density at radius 3 is 2.62 bits per heavy atom. The number of imidazole rings is 1. The molecule has 1 unspecified atom stereocenters. The number of hydrogen-bond acceptors (Lipinski definition) is 2. The lowest BCUT2D eigenvalue weighted by Crippen LogP contribution is -2.16. The number of hydrogen-bond donors (Lipinski definition) is 2. The molecule has 0 spiro atoms. The van der Waals surface area contributed by atoms with Crippen LogP contribution in [-0.2, 0) is 0 Å². The lowest BCUT2D eigenvalue weighted by Gasteiger charge is -2.09. The van der Waals surface area contributed by atoms with Gasteiger partial charge in [0.1, 0.15) is 5.82 Å². The topological polar surface area (TPSA) is 40.7 Å². The second-order valence-corrected chi connectivity index (χ2v) is 4.33. The van der Waals surface area contributed by atoms with Crippen molar-refractivity contribution in [1.82, 2.24) is 15.3 Å². The molecular weight excluding hydrogens is 198 g/mol. The molecular formula is C13H19N3. The fourth-order valence-corrected chi connectivity index (χ4v) is 1.99. The molecule has 0 aliphatic heterocycles. The lowest BCUT2D eigenvalue weighted by molar-refractivity contribution is 0.551. The van der Waals surface area contributed by atoms with Gasteiger partial charge in [0, 0.05) is 0 Å². The maximum atomic E-state index is 4.64. The minimum Gasteiger partial charge on any atom is -0.341 e. The standard InChI is InChI=1S/C13H19N3/c1-5-10(14-4)13-15-11-6-8(2)9(3)7-12(11)16-13/h6-7,10,14H,5H2,1-4H3,(H,15,16). The first-order valence-electron chi connectivity index (χ1n) is 5.79. The van der Waals surface area contributed by atoms with E-state index in [0.717, 1.165) is 23.3 Å². The first-order chi connectivity index (χ1) is 7.65. The molecule has 16 heavy (non-hydrogen) atoms. The van der Waals surface area contributed by atoms with Gasteiger partial charge < -0.3 is 10.3 Å². The molecule has 0 amide bonds. The Labute approximate surface area is 96.3 Å². The highest BCUT2D eigenvalue weighted by atomic mass is 15.0. The molecule has 1 atom stereocenters. The van der Waals surface area contributed by atoms with Crippen LogP contribution in [0.3, 0.4) is 0 Å². The summed E-state index contributed by atoms with van der Waals surface area (Å²) in [6.07, 6.45) is 1.04. The number of aromatic nitrogens is 2. The maximum Gasteiger partial charge on any atom is 0.124 e. The molecule has 1 aromatic heterocycles. The molecule has 1 aromatic carbocycles. The number of aromatic amines is 1. The number of benzene rings is 1. The molecule has 86 valence electrons. The van der Waals surface area contributed by atoms with E-state index in [1.807, 2.05) is 7.05 Å². The van der Waals surface area contributed by atoms with Gasteiger partial charge in [-0.25, -0.2) is 4.98 Å². The smallest absolute Gasteiger partial charge is 0.124 e. The normalized spacial score (nSPS) is 13.2. The third-order valence-corrected chi connectivity index (χ3v) is 3.20. The van der Waals surface area contributed by atoms with Crippen LogP contribution in [0.15, 0.2) is 12.1 Å². The zero-order valence-corrected chi connectivity index (χ0v) is 10.4. The average molecular weight is 217 g/mol. The van der Waals surface area contributed by atoms with Gasteiger partial charge in [0.25, 0.3) is 0 Å². The molecule has 0 bridgehead atoms. The Morgan fingerprint density at radius 1 is 1.31 bits per heavy atom. The Balaban J connectivity index is 2.51. The van der Waals surface area contributed by atoms with Gasteiger partial charge in [0.2, 0.25) is 0 Å². The van der Waals surface area contributed by atoms with Crippen LogP contribution in [0.2, 0.25) is 0 Å². The van der Waals surface area contributed by atoms with Gasteiger partial charge in [0.05, 0.1) is 17.1 Å². The number of H-pyrrole nitrogens is 1. The fourth-order valence-electron chi connectivity index (χ4n) is 1.99. The summed E-state index contributed by atoms with van der Waals surface area (Å²) in [5.74, 6) is 1.03. The molecule has 2 N–H and O–H groups in total. The third kappa shape index (κ3) is 1.83. The summed E-state index contributed by atoms with van der Waals surface area (Å²) in [4.78, 5) is 8.03. The number of rotatable bonds is 3. The highest BCUT2D eigenvalue weighted by molar-refractivity contribution is 5.77. The fraction of sp³-hybridized carbons (Fsp3) is 0.462. The number of nitrogens with one attached hydrogen (secondary N) is 2. The van der Waals surface area contributed by atoms with E-state index < -0.39 is 0 Å². The van der Waals surface area contributed by atoms with Crippen molar-refractivity contribution in [2.45, 2.75) is 33.2 Å². The molecule has 2 aromatic rings. The molecule has 3 nitrogen and oxygen atoms in total. The van der Waals surface area contributed by atoms with Gasteiger partial charge >= 0.3 is 0 Å². The van der Waals surface area contributed by atoms with Crippen LogP contribution in [0, 0.1) is 13.8 Å². The molecule has 0 saturated carbocycles. The van der Waals surface area contributed by atoms with Gasteiger partial charge in [-0.15, -0.1) is 0 Å². The predicted molar refractivity (Wildman–Crippen MR) is 67.7 cm³/mol. The molecule has 1 heterocycles. The van der Waals surface area contributed by atoms with Crippen LogP contribution in [-0.4, -0.2) is 17.0 Å². The van der Waals surface area contributed by atoms with Gasteiger partial charge in [-0.3, -0.25) is 0 Å². The van der Waals surface area contributed by atoms with E-state index >= 15 is 0 Å². The van der Waals surface area contributed by atoms with Crippen LogP contribution in [0.25, 0.3) is 11.0 Å². The molecule has 0 radical (unpaired) electrons. The maximum absolute atomic E-state index is 4.64. The van der Waals surface area contributed by atoms with Crippen molar-refractivity contribution >= 4 is 11.0 Å². The minimum atomic E-state index is 0.313. The average Bonchev–Trinajstić information content (AvgIpc) is 2.63. The molecule has 2 rings (SSSR count). The van der Waals surface area contributed by atoms with Crippen LogP contribution in [0.4, 0.5) is 0 Å². The van der Waals surface area contributed by atoms with Gasteiger partial charge in [-0.05, 0) is 50.6 Å². The van der Waals surface area contributed by atoms with Crippen molar-refractivity contribution in [1.29, 1.82) is 0 Å². The zero-order chi connectivity index (χ0) is 11.7. The summed E-state index contributed by atoms with van der Waals surface area (Å²) >= 11 is 0. The van der Waals surface area contributed by atoms with Crippen LogP contribution >= 0.6 is 0 Å². The summed E-state index contributed by atoms with van der Waals surface area (Å²) in [6.45, 7) is 6.41. The monoisotopic (exact) mass is 217 g/mol. The van der Waals surface area contributed by atoms with E-state index in [1.54, 1.807) is 0 Å². The molecule has 0 aliphatic rings. The summed E-state index contributed by atoms with van der Waals surface area (Å²) < 4.78 is 0. The highest BCUT2D eigenvalue weighted by Crippen LogP contribution is 2.21. The van der Waals surface area contributed by atoms with Gasteiger partial charge in [-0.2, -0.15) is 0 Å². The van der Waals surface area contributed by atoms with Crippen LogP contribution < -0.4 is 5.32 Å². The Morgan fingerprint density at radius 2 is 2.00 bits per heavy atom. The third-order valence-electron chi connectivity index (χ3n) is 3.20. The van der Waals surface area contributed by atoms with Crippen molar-refractivity contribution in [2.75, 3.05) is 7.05 Å². The predicted octanol–water partition coefficient (Wildman–Crippen LogP) is 2.85. The summed E-state index contributed by atoms with van der Waals surface area (Å²) in [5, 5.41) is 3.26. The molecule has 0 saturated heterocycles. The zero-order valence-electron chi connectivity index (χ0n) is 10.4. The molecule has 3 heteroatoms. The van der Waals surface area contributed by atoms with E-state index in [1.165, 1.54) is 11.1 Å². The quantitative estimate of drug-likeness (QED) is 0.830. The van der Waals surface area contributed by atoms with E-state index in [4.69, 9.17) is 0 Å². The summed E-state index contributed by atoms with van der Waals surface area (Å²) in [6, 6.07) is 4.63. The van der Waals surface area contributed by atoms with E-state index in [9.17, 15) is 0 Å². The van der Waals surface area contributed by atoms with Crippen molar-refractivity contribution in [3.63, 3.8) is 0 Å². The Kier molecular flexibility index (Phi) is 2.97. The second-order valence-electron chi connectivity index (χ2n) is 4.33. The van der Waals surface area contributed by atoms with E-state index in [-0.39, 0.29) is 0 Å². The lowest BCUT2D eigenvalue weighted by atomic mass is 10.1. The minimum absolute atomic E-state index is 0.313. The van der Waals surface area contributed by atoms with Crippen LogP contribution in [0.5, 0.6) is 0 Å². The second kappa shape index (κ2) is 4.26. The van der Waals surface area contributed by atoms with Gasteiger partial charge in [-0.1, -0.05) is 6.92 Å². The molecule has 0 fully saturated rings. The number of aryl methyl sites for hydroxylation is 2.